The van der Waals surface area contributed by atoms with E-state index in [0.717, 1.165) is 31.6 Å². The average Bonchev–Trinajstić information content (AvgIpc) is 2.98. The summed E-state index contributed by atoms with van der Waals surface area (Å²) in [5.41, 5.74) is 1.33. The van der Waals surface area contributed by atoms with Crippen molar-refractivity contribution >= 4 is 11.8 Å². The minimum Gasteiger partial charge on any atom is -0.350 e. The summed E-state index contributed by atoms with van der Waals surface area (Å²) in [6.07, 6.45) is 2.54. The molecular weight excluding hydrogens is 244 g/mol. The van der Waals surface area contributed by atoms with Crippen molar-refractivity contribution < 1.29 is 9.59 Å². The van der Waals surface area contributed by atoms with Crippen LogP contribution in [-0.2, 0) is 11.8 Å². The van der Waals surface area contributed by atoms with Gasteiger partial charge >= 0.3 is 0 Å². The van der Waals surface area contributed by atoms with Crippen molar-refractivity contribution in [2.24, 2.45) is 7.05 Å². The molecule has 0 aromatic carbocycles. The van der Waals surface area contributed by atoms with Gasteiger partial charge in [-0.05, 0) is 25.8 Å². The first kappa shape index (κ1) is 13.6. The highest BCUT2D eigenvalue weighted by Gasteiger charge is 2.18. The van der Waals surface area contributed by atoms with Crippen molar-refractivity contribution in [3.63, 3.8) is 0 Å². The number of hydrogen-bond donors (Lipinski definition) is 1. The molecular formula is C13H20N4O2. The predicted molar refractivity (Wildman–Crippen MR) is 70.7 cm³/mol. The smallest absolute Gasteiger partial charge is 0.269 e. The second-order valence-corrected chi connectivity index (χ2v) is 4.89. The molecule has 0 radical (unpaired) electrons. The van der Waals surface area contributed by atoms with E-state index in [1.54, 1.807) is 17.8 Å². The fraction of sp³-hybridized carbons (Fsp3) is 0.615. The largest absolute Gasteiger partial charge is 0.350 e. The first-order valence-electron chi connectivity index (χ1n) is 6.64. The van der Waals surface area contributed by atoms with Gasteiger partial charge < -0.3 is 10.2 Å². The number of aryl methyl sites for hydroxylation is 2. The van der Waals surface area contributed by atoms with Crippen molar-refractivity contribution in [3.8, 4) is 0 Å². The Bertz CT molecular complexity index is 475. The van der Waals surface area contributed by atoms with E-state index in [1.807, 2.05) is 11.8 Å². The zero-order chi connectivity index (χ0) is 13.8. The topological polar surface area (TPSA) is 67.2 Å². The van der Waals surface area contributed by atoms with Gasteiger partial charge in [0.05, 0.1) is 5.69 Å². The minimum absolute atomic E-state index is 0.124. The summed E-state index contributed by atoms with van der Waals surface area (Å²) < 4.78 is 1.55. The van der Waals surface area contributed by atoms with Gasteiger partial charge in [0.25, 0.3) is 5.91 Å². The first-order valence-corrected chi connectivity index (χ1v) is 6.64. The Morgan fingerprint density at radius 3 is 2.63 bits per heavy atom. The van der Waals surface area contributed by atoms with E-state index in [-0.39, 0.29) is 11.8 Å². The van der Waals surface area contributed by atoms with Gasteiger partial charge in [-0.3, -0.25) is 14.3 Å². The molecule has 0 unspecified atom stereocenters. The Labute approximate surface area is 112 Å². The van der Waals surface area contributed by atoms with Gasteiger partial charge in [-0.1, -0.05) is 0 Å². The lowest BCUT2D eigenvalue weighted by molar-refractivity contribution is -0.129. The van der Waals surface area contributed by atoms with E-state index < -0.39 is 0 Å². The fourth-order valence-corrected chi connectivity index (χ4v) is 2.32. The van der Waals surface area contributed by atoms with Gasteiger partial charge in [-0.25, -0.2) is 0 Å². The zero-order valence-electron chi connectivity index (χ0n) is 11.5. The van der Waals surface area contributed by atoms with Crippen molar-refractivity contribution in [3.05, 3.63) is 17.5 Å². The van der Waals surface area contributed by atoms with Crippen LogP contribution in [0, 0.1) is 6.92 Å². The zero-order valence-corrected chi connectivity index (χ0v) is 11.5. The van der Waals surface area contributed by atoms with Crippen LogP contribution in [0.1, 0.15) is 35.4 Å². The maximum atomic E-state index is 11.9. The molecule has 2 amide bonds. The van der Waals surface area contributed by atoms with Crippen LogP contribution in [-0.4, -0.2) is 46.1 Å². The molecule has 6 nitrogen and oxygen atoms in total. The molecule has 0 bridgehead atoms. The van der Waals surface area contributed by atoms with Crippen LogP contribution < -0.4 is 5.32 Å². The van der Waals surface area contributed by atoms with Crippen LogP contribution in [0.15, 0.2) is 6.07 Å². The van der Waals surface area contributed by atoms with Crippen molar-refractivity contribution in [2.75, 3.05) is 19.6 Å². The molecule has 0 saturated carbocycles. The Morgan fingerprint density at radius 2 is 2.05 bits per heavy atom. The Kier molecular flexibility index (Phi) is 4.19. The molecule has 2 rings (SSSR count). The summed E-state index contributed by atoms with van der Waals surface area (Å²) >= 11 is 0. The molecule has 0 spiro atoms. The molecule has 0 atom stereocenters. The third-order valence-electron chi connectivity index (χ3n) is 3.32. The number of carbonyl (C=O) groups is 2. The number of hydrogen-bond acceptors (Lipinski definition) is 3. The second kappa shape index (κ2) is 5.86. The van der Waals surface area contributed by atoms with Crippen molar-refractivity contribution in [1.29, 1.82) is 0 Å². The van der Waals surface area contributed by atoms with Crippen LogP contribution in [0.5, 0.6) is 0 Å². The van der Waals surface area contributed by atoms with E-state index in [9.17, 15) is 9.59 Å². The molecule has 2 heterocycles. The van der Waals surface area contributed by atoms with Gasteiger partial charge in [0.15, 0.2) is 0 Å². The van der Waals surface area contributed by atoms with Crippen LogP contribution in [0.2, 0.25) is 0 Å². The quantitative estimate of drug-likeness (QED) is 0.859. The second-order valence-electron chi connectivity index (χ2n) is 4.89. The first-order chi connectivity index (χ1) is 9.08. The molecule has 1 saturated heterocycles. The molecule has 6 heteroatoms. The maximum absolute atomic E-state index is 11.9. The van der Waals surface area contributed by atoms with Crippen LogP contribution in [0.4, 0.5) is 0 Å². The fourth-order valence-electron chi connectivity index (χ4n) is 2.32. The number of nitrogens with zero attached hydrogens (tertiary/aromatic N) is 3. The standard InChI is InChI=1S/C13H20N4O2/c1-10-9-11(16(2)15-10)13(19)14-6-5-12(18)17-7-3-4-8-17/h9H,3-8H2,1-2H3,(H,14,19). The van der Waals surface area contributed by atoms with Gasteiger partial charge in [-0.15, -0.1) is 0 Å². The summed E-state index contributed by atoms with van der Waals surface area (Å²) in [7, 11) is 1.73. The predicted octanol–water partition coefficient (Wildman–Crippen LogP) is 0.471. The monoisotopic (exact) mass is 264 g/mol. The van der Waals surface area contributed by atoms with Gasteiger partial charge in [0.2, 0.25) is 5.91 Å². The number of aromatic nitrogens is 2. The Hall–Kier alpha value is -1.85. The third kappa shape index (κ3) is 3.33. The van der Waals surface area contributed by atoms with E-state index in [4.69, 9.17) is 0 Å². The number of amides is 2. The van der Waals surface area contributed by atoms with Crippen LogP contribution in [0.3, 0.4) is 0 Å². The van der Waals surface area contributed by atoms with E-state index in [0.29, 0.717) is 18.7 Å². The highest BCUT2D eigenvalue weighted by molar-refractivity contribution is 5.92. The Morgan fingerprint density at radius 1 is 1.37 bits per heavy atom. The summed E-state index contributed by atoms with van der Waals surface area (Å²) in [5, 5.41) is 6.88. The molecule has 19 heavy (non-hydrogen) atoms. The summed E-state index contributed by atoms with van der Waals surface area (Å²) in [6.45, 7) is 3.92. The van der Waals surface area contributed by atoms with Gasteiger partial charge in [-0.2, -0.15) is 5.10 Å². The molecule has 104 valence electrons. The molecule has 1 fully saturated rings. The SMILES string of the molecule is Cc1cc(C(=O)NCCC(=O)N2CCCC2)n(C)n1. The highest BCUT2D eigenvalue weighted by Crippen LogP contribution is 2.08. The summed E-state index contributed by atoms with van der Waals surface area (Å²) in [5.74, 6) is -0.0590. The van der Waals surface area contributed by atoms with Crippen LogP contribution >= 0.6 is 0 Å². The normalized spacial score (nSPS) is 14.7. The van der Waals surface area contributed by atoms with Gasteiger partial charge in [0, 0.05) is 33.1 Å². The van der Waals surface area contributed by atoms with E-state index >= 15 is 0 Å². The molecule has 0 aliphatic carbocycles. The molecule has 1 aromatic rings. The number of nitrogens with one attached hydrogen (secondary N) is 1. The van der Waals surface area contributed by atoms with E-state index in [2.05, 4.69) is 10.4 Å². The number of rotatable bonds is 4. The number of likely N-dealkylation sites (tertiary alicyclic amines) is 1. The third-order valence-corrected chi connectivity index (χ3v) is 3.32. The summed E-state index contributed by atoms with van der Waals surface area (Å²) in [4.78, 5) is 25.5. The van der Waals surface area contributed by atoms with Crippen molar-refractivity contribution in [2.45, 2.75) is 26.2 Å². The molecule has 1 aliphatic rings. The Balaban J connectivity index is 1.77. The molecule has 1 aromatic heterocycles. The summed E-state index contributed by atoms with van der Waals surface area (Å²) in [6, 6.07) is 1.73. The minimum atomic E-state index is -0.183. The van der Waals surface area contributed by atoms with Crippen LogP contribution in [0.25, 0.3) is 0 Å². The lowest BCUT2D eigenvalue weighted by Crippen LogP contribution is -2.33. The number of carbonyl (C=O) groups excluding carboxylic acids is 2. The van der Waals surface area contributed by atoms with E-state index in [1.165, 1.54) is 0 Å². The molecule has 1 aliphatic heterocycles. The maximum Gasteiger partial charge on any atom is 0.269 e. The van der Waals surface area contributed by atoms with Gasteiger partial charge in [0.1, 0.15) is 5.69 Å². The lowest BCUT2D eigenvalue weighted by atomic mass is 10.3. The van der Waals surface area contributed by atoms with Crippen molar-refractivity contribution in [1.82, 2.24) is 20.0 Å². The highest BCUT2D eigenvalue weighted by atomic mass is 16.2. The lowest BCUT2D eigenvalue weighted by Gasteiger charge is -2.15. The molecule has 1 N–H and O–H groups in total. The average molecular weight is 264 g/mol.